The molecule has 0 fully saturated rings. The monoisotopic (exact) mass is 433 g/mol. The van der Waals surface area contributed by atoms with Gasteiger partial charge in [-0.05, 0) is 35.7 Å². The minimum atomic E-state index is -0.307. The third kappa shape index (κ3) is 3.72. The smallest absolute Gasteiger partial charge is 0.290 e. The van der Waals surface area contributed by atoms with Crippen molar-refractivity contribution in [2.75, 3.05) is 0 Å². The van der Waals surface area contributed by atoms with Crippen LogP contribution in [0.4, 0.5) is 0 Å². The Balaban J connectivity index is 1.41. The molecule has 0 aliphatic carbocycles. The van der Waals surface area contributed by atoms with Gasteiger partial charge in [-0.3, -0.25) is 9.20 Å². The number of benzene rings is 3. The van der Waals surface area contributed by atoms with Gasteiger partial charge < -0.3 is 4.57 Å². The first-order valence-electron chi connectivity index (χ1n) is 10.7. The summed E-state index contributed by atoms with van der Waals surface area (Å²) in [5, 5.41) is 4.18. The lowest BCUT2D eigenvalue weighted by molar-refractivity contribution is 0.0949. The fourth-order valence-electron chi connectivity index (χ4n) is 4.10. The van der Waals surface area contributed by atoms with Crippen LogP contribution < -0.4 is 5.43 Å². The number of carbonyl (C=O) groups is 1. The zero-order valence-electron chi connectivity index (χ0n) is 18.3. The number of rotatable bonds is 6. The molecular weight excluding hydrogens is 410 g/mol. The van der Waals surface area contributed by atoms with Crippen LogP contribution in [0.2, 0.25) is 0 Å². The Morgan fingerprint density at radius 1 is 0.970 bits per heavy atom. The summed E-state index contributed by atoms with van der Waals surface area (Å²) in [7, 11) is 0. The Hall–Kier alpha value is -4.45. The summed E-state index contributed by atoms with van der Waals surface area (Å²) in [4.78, 5) is 17.7. The Labute approximate surface area is 191 Å². The van der Waals surface area contributed by atoms with Crippen molar-refractivity contribution in [1.29, 1.82) is 0 Å². The number of aromatic nitrogens is 3. The quantitative estimate of drug-likeness (QED) is 0.227. The number of allylic oxidation sites excluding steroid dienone is 1. The third-order valence-electron chi connectivity index (χ3n) is 5.61. The molecule has 0 aliphatic heterocycles. The van der Waals surface area contributed by atoms with Crippen molar-refractivity contribution in [2.24, 2.45) is 5.10 Å². The van der Waals surface area contributed by atoms with Crippen LogP contribution in [-0.4, -0.2) is 26.1 Å². The number of carbonyl (C=O) groups excluding carboxylic acids is 1. The predicted molar refractivity (Wildman–Crippen MR) is 133 cm³/mol. The van der Waals surface area contributed by atoms with Gasteiger partial charge in [-0.15, -0.1) is 6.58 Å². The fraction of sp³-hybridized carbons (Fsp3) is 0.0741. The minimum absolute atomic E-state index is 0.307. The number of hydrazone groups is 1. The molecule has 6 heteroatoms. The highest BCUT2D eigenvalue weighted by molar-refractivity contribution is 5.97. The normalized spacial score (nSPS) is 11.4. The predicted octanol–water partition coefficient (Wildman–Crippen LogP) is 5.21. The van der Waals surface area contributed by atoms with E-state index < -0.39 is 0 Å². The van der Waals surface area contributed by atoms with E-state index in [1.807, 2.05) is 88.7 Å². The zero-order valence-corrected chi connectivity index (χ0v) is 18.3. The van der Waals surface area contributed by atoms with E-state index in [2.05, 4.69) is 34.2 Å². The summed E-state index contributed by atoms with van der Waals surface area (Å²) in [6, 6.07) is 26.1. The van der Waals surface area contributed by atoms with Gasteiger partial charge in [0.05, 0.1) is 22.9 Å². The number of amides is 1. The summed E-state index contributed by atoms with van der Waals surface area (Å²) >= 11 is 0. The number of fused-ring (bicyclic) bond motifs is 3. The van der Waals surface area contributed by atoms with Crippen LogP contribution in [0.25, 0.3) is 27.9 Å². The van der Waals surface area contributed by atoms with Crippen LogP contribution in [0, 0.1) is 6.92 Å². The molecular formula is C27H23N5O. The van der Waals surface area contributed by atoms with E-state index in [1.54, 1.807) is 6.21 Å². The molecule has 0 radical (unpaired) electrons. The summed E-state index contributed by atoms with van der Waals surface area (Å²) in [6.07, 6.45) is 3.46. The SMILES string of the molecule is C=CCn1c2ccccc2n2c(C(=O)NN=Cc3ccc(-c4ccccc4)cc3)c(C)nc12. The molecule has 3 aromatic carbocycles. The van der Waals surface area contributed by atoms with Crippen LogP contribution in [0.5, 0.6) is 0 Å². The first-order valence-corrected chi connectivity index (χ1v) is 10.7. The van der Waals surface area contributed by atoms with Crippen molar-refractivity contribution in [2.45, 2.75) is 13.5 Å². The number of aryl methyl sites for hydroxylation is 1. The van der Waals surface area contributed by atoms with Crippen molar-refractivity contribution in [3.05, 3.63) is 108 Å². The van der Waals surface area contributed by atoms with Gasteiger partial charge in [0.15, 0.2) is 0 Å². The highest BCUT2D eigenvalue weighted by Gasteiger charge is 2.22. The molecule has 5 aromatic rings. The molecule has 0 unspecified atom stereocenters. The third-order valence-corrected chi connectivity index (χ3v) is 5.61. The summed E-state index contributed by atoms with van der Waals surface area (Å²) in [5.41, 5.74) is 8.88. The van der Waals surface area contributed by atoms with E-state index in [9.17, 15) is 4.79 Å². The molecule has 0 saturated heterocycles. The Morgan fingerprint density at radius 2 is 1.64 bits per heavy atom. The minimum Gasteiger partial charge on any atom is -0.306 e. The van der Waals surface area contributed by atoms with Gasteiger partial charge in [-0.2, -0.15) is 5.10 Å². The molecule has 2 aromatic heterocycles. The van der Waals surface area contributed by atoms with Crippen molar-refractivity contribution < 1.29 is 4.79 Å². The standard InChI is InChI=1S/C27H23N5O/c1-3-17-31-23-11-7-8-12-24(23)32-25(19(2)29-27(31)32)26(33)30-28-18-20-13-15-22(16-14-20)21-9-5-4-6-10-21/h3-16,18H,1,17H2,2H3,(H,30,33). The number of para-hydroxylation sites is 2. The first-order chi connectivity index (χ1) is 16.2. The maximum atomic E-state index is 13.1. The van der Waals surface area contributed by atoms with Gasteiger partial charge in [0.2, 0.25) is 5.78 Å². The molecule has 162 valence electrons. The molecule has 1 N–H and O–H groups in total. The van der Waals surface area contributed by atoms with Crippen molar-refractivity contribution in [3.63, 3.8) is 0 Å². The Morgan fingerprint density at radius 3 is 2.36 bits per heavy atom. The van der Waals surface area contributed by atoms with Gasteiger partial charge in [-0.25, -0.2) is 10.4 Å². The zero-order chi connectivity index (χ0) is 22.8. The van der Waals surface area contributed by atoms with Gasteiger partial charge in [0, 0.05) is 6.54 Å². The summed E-state index contributed by atoms with van der Waals surface area (Å²) < 4.78 is 3.93. The number of imidazole rings is 2. The highest BCUT2D eigenvalue weighted by Crippen LogP contribution is 2.24. The average Bonchev–Trinajstić information content (AvgIpc) is 3.34. The highest BCUT2D eigenvalue weighted by atomic mass is 16.2. The summed E-state index contributed by atoms with van der Waals surface area (Å²) in [5.74, 6) is 0.401. The molecule has 0 saturated carbocycles. The van der Waals surface area contributed by atoms with Crippen LogP contribution in [0.1, 0.15) is 21.7 Å². The lowest BCUT2D eigenvalue weighted by atomic mass is 10.0. The largest absolute Gasteiger partial charge is 0.306 e. The second-order valence-electron chi connectivity index (χ2n) is 7.76. The van der Waals surface area contributed by atoms with E-state index in [0.29, 0.717) is 23.7 Å². The van der Waals surface area contributed by atoms with Gasteiger partial charge in [0.25, 0.3) is 5.91 Å². The van der Waals surface area contributed by atoms with Crippen LogP contribution in [-0.2, 0) is 6.54 Å². The van der Waals surface area contributed by atoms with Gasteiger partial charge >= 0.3 is 0 Å². The number of nitrogens with zero attached hydrogens (tertiary/aromatic N) is 4. The van der Waals surface area contributed by atoms with E-state index in [0.717, 1.165) is 27.7 Å². The lowest BCUT2D eigenvalue weighted by Crippen LogP contribution is -2.20. The number of hydrogen-bond acceptors (Lipinski definition) is 3. The molecule has 2 heterocycles. The topological polar surface area (TPSA) is 63.7 Å². The van der Waals surface area contributed by atoms with Crippen molar-refractivity contribution in [1.82, 2.24) is 19.4 Å². The molecule has 0 spiro atoms. The average molecular weight is 434 g/mol. The van der Waals surface area contributed by atoms with Crippen LogP contribution in [0.3, 0.4) is 0 Å². The molecule has 5 rings (SSSR count). The van der Waals surface area contributed by atoms with Crippen LogP contribution in [0.15, 0.2) is 96.6 Å². The van der Waals surface area contributed by atoms with Crippen molar-refractivity contribution >= 4 is 28.9 Å². The maximum Gasteiger partial charge on any atom is 0.290 e. The van der Waals surface area contributed by atoms with Gasteiger partial charge in [-0.1, -0.05) is 72.8 Å². The summed E-state index contributed by atoms with van der Waals surface area (Å²) in [6.45, 7) is 6.29. The second-order valence-corrected chi connectivity index (χ2v) is 7.76. The number of hydrogen-bond donors (Lipinski definition) is 1. The molecule has 1 amide bonds. The maximum absolute atomic E-state index is 13.1. The van der Waals surface area contributed by atoms with E-state index in [4.69, 9.17) is 0 Å². The molecule has 0 aliphatic rings. The Kier molecular flexibility index (Phi) is 5.32. The lowest BCUT2D eigenvalue weighted by Gasteiger charge is -2.03. The second kappa shape index (κ2) is 8.59. The van der Waals surface area contributed by atoms with Gasteiger partial charge in [0.1, 0.15) is 5.69 Å². The van der Waals surface area contributed by atoms with E-state index >= 15 is 0 Å². The van der Waals surface area contributed by atoms with Crippen LogP contribution >= 0.6 is 0 Å². The van der Waals surface area contributed by atoms with Crippen molar-refractivity contribution in [3.8, 4) is 11.1 Å². The number of nitrogens with one attached hydrogen (secondary N) is 1. The molecule has 33 heavy (non-hydrogen) atoms. The first kappa shape index (κ1) is 20.5. The fourth-order valence-corrected chi connectivity index (χ4v) is 4.10. The molecule has 6 nitrogen and oxygen atoms in total. The molecule has 0 atom stereocenters. The van der Waals surface area contributed by atoms with E-state index in [-0.39, 0.29) is 5.91 Å². The van der Waals surface area contributed by atoms with E-state index in [1.165, 1.54) is 0 Å². The Bertz CT molecular complexity index is 1490. The molecule has 0 bridgehead atoms.